The lowest BCUT2D eigenvalue weighted by Gasteiger charge is -2.52. The lowest BCUT2D eigenvalue weighted by molar-refractivity contribution is -0.946. The van der Waals surface area contributed by atoms with Crippen molar-refractivity contribution in [1.29, 1.82) is 0 Å². The van der Waals surface area contributed by atoms with Crippen LogP contribution < -0.4 is 17.0 Å². The van der Waals surface area contributed by atoms with Crippen LogP contribution >= 0.6 is 0 Å². The van der Waals surface area contributed by atoms with Crippen LogP contribution in [0.2, 0.25) is 0 Å². The summed E-state index contributed by atoms with van der Waals surface area (Å²) in [5.41, 5.74) is 0. The van der Waals surface area contributed by atoms with E-state index in [1.54, 1.807) is 0 Å². The van der Waals surface area contributed by atoms with Crippen molar-refractivity contribution in [1.82, 2.24) is 0 Å². The SMILES string of the molecule is CCCCC[N+]12CCC(CC1)C(OCC)C2.[Br-]. The number of nitrogens with zero attached hydrogens (tertiary/aromatic N) is 1. The van der Waals surface area contributed by atoms with Gasteiger partial charge in [-0.1, -0.05) is 13.3 Å². The number of halogens is 1. The van der Waals surface area contributed by atoms with Gasteiger partial charge in [0.1, 0.15) is 12.6 Å². The van der Waals surface area contributed by atoms with E-state index in [1.807, 2.05) is 0 Å². The topological polar surface area (TPSA) is 9.23 Å². The first-order valence-electron chi connectivity index (χ1n) is 7.26. The van der Waals surface area contributed by atoms with E-state index in [-0.39, 0.29) is 17.0 Å². The van der Waals surface area contributed by atoms with Crippen molar-refractivity contribution >= 4 is 0 Å². The van der Waals surface area contributed by atoms with Gasteiger partial charge in [0.2, 0.25) is 0 Å². The first kappa shape index (κ1) is 15.5. The number of hydrogen-bond acceptors (Lipinski definition) is 1. The molecular weight excluding hydrogens is 278 g/mol. The molecule has 0 spiro atoms. The predicted molar refractivity (Wildman–Crippen MR) is 67.4 cm³/mol. The van der Waals surface area contributed by atoms with E-state index in [4.69, 9.17) is 4.74 Å². The van der Waals surface area contributed by atoms with Gasteiger partial charge < -0.3 is 26.2 Å². The Labute approximate surface area is 117 Å². The van der Waals surface area contributed by atoms with Gasteiger partial charge in [0.25, 0.3) is 0 Å². The summed E-state index contributed by atoms with van der Waals surface area (Å²) in [6.45, 7) is 10.9. The number of ether oxygens (including phenoxy) is 1. The van der Waals surface area contributed by atoms with E-state index in [1.165, 1.54) is 62.8 Å². The molecule has 3 heteroatoms. The van der Waals surface area contributed by atoms with Crippen LogP contribution in [0, 0.1) is 5.92 Å². The van der Waals surface area contributed by atoms with Crippen LogP contribution in [-0.4, -0.2) is 43.4 Å². The summed E-state index contributed by atoms with van der Waals surface area (Å²) in [6, 6.07) is 0. The fourth-order valence-electron chi connectivity index (χ4n) is 3.64. The van der Waals surface area contributed by atoms with Crippen molar-refractivity contribution in [3.8, 4) is 0 Å². The third-order valence-corrected chi connectivity index (χ3v) is 4.66. The Morgan fingerprint density at radius 3 is 2.41 bits per heavy atom. The van der Waals surface area contributed by atoms with Gasteiger partial charge in [-0.25, -0.2) is 0 Å². The molecule has 0 amide bonds. The summed E-state index contributed by atoms with van der Waals surface area (Å²) in [5, 5.41) is 0. The molecule has 17 heavy (non-hydrogen) atoms. The van der Waals surface area contributed by atoms with Gasteiger partial charge in [0, 0.05) is 25.4 Å². The van der Waals surface area contributed by atoms with Crippen LogP contribution in [0.25, 0.3) is 0 Å². The van der Waals surface area contributed by atoms with Crippen molar-refractivity contribution in [2.24, 2.45) is 5.92 Å². The summed E-state index contributed by atoms with van der Waals surface area (Å²) in [7, 11) is 0. The predicted octanol–water partition coefficient (Wildman–Crippen LogP) is -0.174. The second-order valence-electron chi connectivity index (χ2n) is 5.73. The summed E-state index contributed by atoms with van der Waals surface area (Å²) in [5.74, 6) is 0.881. The standard InChI is InChI=1S/C14H28NO.BrH/c1-3-5-6-9-15-10-7-13(8-11-15)14(12-15)16-4-2;/h13-14H,3-12H2,1-2H3;1H/q+1;/p-1. The maximum Gasteiger partial charge on any atom is 0.110 e. The molecule has 3 aliphatic rings. The van der Waals surface area contributed by atoms with Gasteiger partial charge in [-0.15, -0.1) is 0 Å². The first-order chi connectivity index (χ1) is 7.79. The molecule has 2 bridgehead atoms. The Morgan fingerprint density at radius 2 is 1.82 bits per heavy atom. The van der Waals surface area contributed by atoms with Crippen molar-refractivity contribution in [2.45, 2.75) is 52.1 Å². The molecule has 0 N–H and O–H groups in total. The first-order valence-corrected chi connectivity index (χ1v) is 7.26. The van der Waals surface area contributed by atoms with Crippen molar-refractivity contribution in [3.63, 3.8) is 0 Å². The Balaban J connectivity index is 0.00000144. The molecule has 1 atom stereocenters. The molecule has 0 aromatic carbocycles. The van der Waals surface area contributed by atoms with Gasteiger partial charge in [-0.3, -0.25) is 0 Å². The number of hydrogen-bond donors (Lipinski definition) is 0. The van der Waals surface area contributed by atoms with Crippen LogP contribution in [0.5, 0.6) is 0 Å². The number of unbranched alkanes of at least 4 members (excludes halogenated alkanes) is 2. The van der Waals surface area contributed by atoms with Gasteiger partial charge in [0.15, 0.2) is 0 Å². The number of quaternary nitrogens is 1. The molecule has 0 aromatic heterocycles. The largest absolute Gasteiger partial charge is 1.00 e. The van der Waals surface area contributed by atoms with E-state index in [9.17, 15) is 0 Å². The summed E-state index contributed by atoms with van der Waals surface area (Å²) in [6.07, 6.45) is 7.57. The highest BCUT2D eigenvalue weighted by molar-refractivity contribution is 4.80. The minimum Gasteiger partial charge on any atom is -1.00 e. The molecule has 3 saturated heterocycles. The number of fused-ring (bicyclic) bond motifs is 3. The fourth-order valence-corrected chi connectivity index (χ4v) is 3.64. The highest BCUT2D eigenvalue weighted by Gasteiger charge is 2.45. The zero-order valence-corrected chi connectivity index (χ0v) is 13.0. The fraction of sp³-hybridized carbons (Fsp3) is 1.00. The van der Waals surface area contributed by atoms with E-state index < -0.39 is 0 Å². The van der Waals surface area contributed by atoms with Crippen LogP contribution in [0.3, 0.4) is 0 Å². The Hall–Kier alpha value is 0.400. The smallest absolute Gasteiger partial charge is 0.110 e. The minimum absolute atomic E-state index is 0. The highest BCUT2D eigenvalue weighted by Crippen LogP contribution is 2.35. The Morgan fingerprint density at radius 1 is 1.12 bits per heavy atom. The van der Waals surface area contributed by atoms with Crippen LogP contribution in [-0.2, 0) is 4.74 Å². The van der Waals surface area contributed by atoms with Gasteiger partial charge >= 0.3 is 0 Å². The van der Waals surface area contributed by atoms with E-state index >= 15 is 0 Å². The zero-order chi connectivity index (χ0) is 11.4. The average Bonchev–Trinajstić information content (AvgIpc) is 2.31. The molecule has 3 heterocycles. The van der Waals surface area contributed by atoms with E-state index in [0.29, 0.717) is 6.10 Å². The second-order valence-corrected chi connectivity index (χ2v) is 5.73. The maximum atomic E-state index is 5.93. The molecular formula is C14H28BrNO. The highest BCUT2D eigenvalue weighted by atomic mass is 79.9. The Bertz CT molecular complexity index is 214. The van der Waals surface area contributed by atoms with Crippen molar-refractivity contribution in [3.05, 3.63) is 0 Å². The van der Waals surface area contributed by atoms with Crippen LogP contribution in [0.15, 0.2) is 0 Å². The summed E-state index contributed by atoms with van der Waals surface area (Å²) >= 11 is 0. The zero-order valence-electron chi connectivity index (χ0n) is 11.5. The third kappa shape index (κ3) is 3.68. The van der Waals surface area contributed by atoms with E-state index in [0.717, 1.165) is 12.5 Å². The van der Waals surface area contributed by atoms with Crippen LogP contribution in [0.1, 0.15) is 46.0 Å². The lowest BCUT2D eigenvalue weighted by Crippen LogP contribution is -3.00. The molecule has 1 unspecified atom stereocenters. The lowest BCUT2D eigenvalue weighted by atomic mass is 9.83. The number of piperidine rings is 3. The third-order valence-electron chi connectivity index (χ3n) is 4.66. The van der Waals surface area contributed by atoms with Gasteiger partial charge in [-0.2, -0.15) is 0 Å². The monoisotopic (exact) mass is 305 g/mol. The Kier molecular flexibility index (Phi) is 6.46. The molecule has 3 rings (SSSR count). The molecule has 0 aromatic rings. The molecule has 2 nitrogen and oxygen atoms in total. The second kappa shape index (κ2) is 7.10. The maximum absolute atomic E-state index is 5.93. The van der Waals surface area contributed by atoms with E-state index in [2.05, 4.69) is 13.8 Å². The van der Waals surface area contributed by atoms with Gasteiger partial charge in [0.05, 0.1) is 19.6 Å². The van der Waals surface area contributed by atoms with Crippen molar-refractivity contribution < 1.29 is 26.2 Å². The van der Waals surface area contributed by atoms with Crippen LogP contribution in [0.4, 0.5) is 0 Å². The van der Waals surface area contributed by atoms with Gasteiger partial charge in [-0.05, 0) is 19.8 Å². The van der Waals surface area contributed by atoms with Crippen molar-refractivity contribution in [2.75, 3.05) is 32.8 Å². The normalized spacial score (nSPS) is 35.6. The molecule has 102 valence electrons. The molecule has 3 aliphatic heterocycles. The molecule has 0 aliphatic carbocycles. The summed E-state index contributed by atoms with van der Waals surface area (Å²) < 4.78 is 7.31. The molecule has 0 radical (unpaired) electrons. The summed E-state index contributed by atoms with van der Waals surface area (Å²) in [4.78, 5) is 0. The number of rotatable bonds is 6. The average molecular weight is 306 g/mol. The molecule has 0 saturated carbocycles. The minimum atomic E-state index is 0. The molecule has 3 fully saturated rings. The quantitative estimate of drug-likeness (QED) is 0.489.